The summed E-state index contributed by atoms with van der Waals surface area (Å²) in [4.78, 5) is 13.2. The van der Waals surface area contributed by atoms with Gasteiger partial charge >= 0.3 is 0 Å². The number of rotatable bonds is 5. The van der Waals surface area contributed by atoms with E-state index in [2.05, 4.69) is 12.2 Å². The van der Waals surface area contributed by atoms with E-state index in [0.29, 0.717) is 5.69 Å². The summed E-state index contributed by atoms with van der Waals surface area (Å²) in [7, 11) is 1.64. The van der Waals surface area contributed by atoms with Gasteiger partial charge in [0.15, 0.2) is 0 Å². The number of hydrogen-bond acceptors (Lipinski definition) is 3. The zero-order valence-corrected chi connectivity index (χ0v) is 18.1. The first kappa shape index (κ1) is 20.4. The molecule has 3 aromatic carbocycles. The van der Waals surface area contributed by atoms with Crippen LogP contribution in [0.25, 0.3) is 16.9 Å². The number of methoxy groups -OCH3 is 1. The lowest BCUT2D eigenvalue weighted by Gasteiger charge is -2.10. The van der Waals surface area contributed by atoms with Gasteiger partial charge in [-0.2, -0.15) is 5.10 Å². The van der Waals surface area contributed by atoms with Crippen molar-refractivity contribution in [2.75, 3.05) is 12.4 Å². The minimum absolute atomic E-state index is 0.211. The number of amides is 1. The third kappa shape index (κ3) is 4.36. The van der Waals surface area contributed by atoms with Crippen molar-refractivity contribution >= 4 is 11.6 Å². The number of anilines is 1. The minimum atomic E-state index is -0.211. The lowest BCUT2D eigenvalue weighted by atomic mass is 10.1. The van der Waals surface area contributed by atoms with Gasteiger partial charge in [0.25, 0.3) is 5.91 Å². The Morgan fingerprint density at radius 3 is 2.35 bits per heavy atom. The quantitative estimate of drug-likeness (QED) is 0.457. The van der Waals surface area contributed by atoms with Gasteiger partial charge in [0.1, 0.15) is 11.4 Å². The van der Waals surface area contributed by atoms with E-state index < -0.39 is 0 Å². The molecule has 31 heavy (non-hydrogen) atoms. The molecule has 1 heterocycles. The fourth-order valence-corrected chi connectivity index (χ4v) is 3.42. The Morgan fingerprint density at radius 2 is 1.68 bits per heavy atom. The molecule has 0 radical (unpaired) electrons. The molecule has 0 atom stereocenters. The second-order valence-electron chi connectivity index (χ2n) is 7.65. The van der Waals surface area contributed by atoms with E-state index in [-0.39, 0.29) is 5.91 Å². The van der Waals surface area contributed by atoms with Gasteiger partial charge in [0.2, 0.25) is 0 Å². The molecule has 0 saturated heterocycles. The van der Waals surface area contributed by atoms with E-state index >= 15 is 0 Å². The highest BCUT2D eigenvalue weighted by Crippen LogP contribution is 2.25. The predicted octanol–water partition coefficient (Wildman–Crippen LogP) is 5.73. The lowest BCUT2D eigenvalue weighted by molar-refractivity contribution is 0.101. The SMILES string of the molecule is COc1ccc(-c2cc(C(=O)Nc3ccc(C)c(C)c3)n(-c3cccc(C)c3)n2)cc1. The van der Waals surface area contributed by atoms with E-state index in [1.807, 2.05) is 86.6 Å². The van der Waals surface area contributed by atoms with Crippen LogP contribution in [0.15, 0.2) is 72.8 Å². The maximum absolute atomic E-state index is 13.2. The molecule has 0 spiro atoms. The third-order valence-electron chi connectivity index (χ3n) is 5.34. The molecule has 156 valence electrons. The summed E-state index contributed by atoms with van der Waals surface area (Å²) in [6.07, 6.45) is 0. The molecule has 0 aliphatic carbocycles. The van der Waals surface area contributed by atoms with Gasteiger partial charge in [-0.05, 0) is 92.1 Å². The second kappa shape index (κ2) is 8.48. The summed E-state index contributed by atoms with van der Waals surface area (Å²) in [6, 6.07) is 23.3. The van der Waals surface area contributed by atoms with Crippen molar-refractivity contribution < 1.29 is 9.53 Å². The zero-order valence-electron chi connectivity index (χ0n) is 18.1. The first-order valence-corrected chi connectivity index (χ1v) is 10.1. The molecule has 0 fully saturated rings. The van der Waals surface area contributed by atoms with E-state index in [1.165, 1.54) is 5.56 Å². The number of hydrogen-bond donors (Lipinski definition) is 1. The van der Waals surface area contributed by atoms with Crippen molar-refractivity contribution in [1.29, 1.82) is 0 Å². The molecular formula is C26H25N3O2. The second-order valence-corrected chi connectivity index (χ2v) is 7.65. The average Bonchev–Trinajstić information content (AvgIpc) is 3.22. The maximum Gasteiger partial charge on any atom is 0.274 e. The standard InChI is InChI=1S/C26H25N3O2/c1-17-6-5-7-22(14-17)29-25(26(30)27-21-11-8-18(2)19(3)15-21)16-24(28-29)20-9-12-23(31-4)13-10-20/h5-16H,1-4H3,(H,27,30). The molecule has 0 saturated carbocycles. The number of benzene rings is 3. The van der Waals surface area contributed by atoms with Crippen LogP contribution < -0.4 is 10.1 Å². The Bertz CT molecular complexity index is 1240. The van der Waals surface area contributed by atoms with Crippen molar-refractivity contribution in [3.05, 3.63) is 95.2 Å². The molecule has 1 amide bonds. The van der Waals surface area contributed by atoms with Gasteiger partial charge in [0, 0.05) is 11.3 Å². The Labute approximate surface area is 182 Å². The van der Waals surface area contributed by atoms with E-state index in [1.54, 1.807) is 11.8 Å². The van der Waals surface area contributed by atoms with Crippen LogP contribution >= 0.6 is 0 Å². The Morgan fingerprint density at radius 1 is 0.903 bits per heavy atom. The van der Waals surface area contributed by atoms with Gasteiger partial charge < -0.3 is 10.1 Å². The molecule has 0 aliphatic heterocycles. The number of aryl methyl sites for hydroxylation is 3. The lowest BCUT2D eigenvalue weighted by Crippen LogP contribution is -2.17. The molecular weight excluding hydrogens is 386 g/mol. The fraction of sp³-hybridized carbons (Fsp3) is 0.154. The molecule has 4 aromatic rings. The van der Waals surface area contributed by atoms with Gasteiger partial charge in [-0.25, -0.2) is 4.68 Å². The highest BCUT2D eigenvalue weighted by molar-refractivity contribution is 6.04. The summed E-state index contributed by atoms with van der Waals surface area (Å²) in [5, 5.41) is 7.77. The Hall–Kier alpha value is -3.86. The number of carbonyl (C=O) groups is 1. The summed E-state index contributed by atoms with van der Waals surface area (Å²) in [5.41, 5.74) is 7.10. The largest absolute Gasteiger partial charge is 0.497 e. The molecule has 1 aromatic heterocycles. The van der Waals surface area contributed by atoms with Crippen LogP contribution in [0.2, 0.25) is 0 Å². The van der Waals surface area contributed by atoms with Crippen LogP contribution in [0.3, 0.4) is 0 Å². The topological polar surface area (TPSA) is 56.1 Å². The predicted molar refractivity (Wildman–Crippen MR) is 124 cm³/mol. The Kier molecular flexibility index (Phi) is 5.58. The molecule has 5 heteroatoms. The molecule has 0 bridgehead atoms. The Balaban J connectivity index is 1.75. The smallest absolute Gasteiger partial charge is 0.274 e. The summed E-state index contributed by atoms with van der Waals surface area (Å²) >= 11 is 0. The number of nitrogens with one attached hydrogen (secondary N) is 1. The normalized spacial score (nSPS) is 10.7. The molecule has 0 unspecified atom stereocenters. The molecule has 4 rings (SSSR count). The van der Waals surface area contributed by atoms with Crippen molar-refractivity contribution in [3.8, 4) is 22.7 Å². The van der Waals surface area contributed by atoms with Crippen LogP contribution in [0.4, 0.5) is 5.69 Å². The van der Waals surface area contributed by atoms with Crippen LogP contribution in [0, 0.1) is 20.8 Å². The van der Waals surface area contributed by atoms with Crippen molar-refractivity contribution in [2.24, 2.45) is 0 Å². The zero-order chi connectivity index (χ0) is 22.0. The monoisotopic (exact) mass is 411 g/mol. The first-order valence-electron chi connectivity index (χ1n) is 10.1. The number of nitrogens with zero attached hydrogens (tertiary/aromatic N) is 2. The van der Waals surface area contributed by atoms with Gasteiger partial charge in [-0.15, -0.1) is 0 Å². The average molecular weight is 412 g/mol. The van der Waals surface area contributed by atoms with E-state index in [4.69, 9.17) is 9.84 Å². The van der Waals surface area contributed by atoms with Crippen LogP contribution in [-0.4, -0.2) is 22.8 Å². The number of carbonyl (C=O) groups excluding carboxylic acids is 1. The summed E-state index contributed by atoms with van der Waals surface area (Å²) in [5.74, 6) is 0.562. The van der Waals surface area contributed by atoms with Gasteiger partial charge in [-0.1, -0.05) is 18.2 Å². The minimum Gasteiger partial charge on any atom is -0.497 e. The van der Waals surface area contributed by atoms with E-state index in [9.17, 15) is 4.79 Å². The number of ether oxygens (including phenoxy) is 1. The maximum atomic E-state index is 13.2. The van der Waals surface area contributed by atoms with Gasteiger partial charge in [-0.3, -0.25) is 4.79 Å². The van der Waals surface area contributed by atoms with Crippen LogP contribution in [0.1, 0.15) is 27.2 Å². The van der Waals surface area contributed by atoms with Crippen LogP contribution in [0.5, 0.6) is 5.75 Å². The number of aromatic nitrogens is 2. The summed E-state index contributed by atoms with van der Waals surface area (Å²) < 4.78 is 6.95. The molecule has 5 nitrogen and oxygen atoms in total. The summed E-state index contributed by atoms with van der Waals surface area (Å²) in [6.45, 7) is 6.10. The van der Waals surface area contributed by atoms with Crippen LogP contribution in [-0.2, 0) is 0 Å². The van der Waals surface area contributed by atoms with Crippen molar-refractivity contribution in [3.63, 3.8) is 0 Å². The highest BCUT2D eigenvalue weighted by atomic mass is 16.5. The first-order chi connectivity index (χ1) is 14.9. The molecule has 0 aliphatic rings. The highest BCUT2D eigenvalue weighted by Gasteiger charge is 2.18. The van der Waals surface area contributed by atoms with Gasteiger partial charge in [0.05, 0.1) is 18.5 Å². The third-order valence-corrected chi connectivity index (χ3v) is 5.34. The van der Waals surface area contributed by atoms with E-state index in [0.717, 1.165) is 39.5 Å². The van der Waals surface area contributed by atoms with Crippen molar-refractivity contribution in [1.82, 2.24) is 9.78 Å². The van der Waals surface area contributed by atoms with Crippen molar-refractivity contribution in [2.45, 2.75) is 20.8 Å². The molecule has 1 N–H and O–H groups in total. The fourth-order valence-electron chi connectivity index (χ4n) is 3.42.